The van der Waals surface area contributed by atoms with E-state index in [2.05, 4.69) is 22.2 Å². The fraction of sp³-hybridized carbons (Fsp3) is 0.458. The van der Waals surface area contributed by atoms with Crippen LogP contribution in [0.15, 0.2) is 48.5 Å². The summed E-state index contributed by atoms with van der Waals surface area (Å²) >= 11 is 0. The molecule has 33 heavy (non-hydrogen) atoms. The normalized spacial score (nSPS) is 14.7. The first kappa shape index (κ1) is 24.9. The third kappa shape index (κ3) is 7.36. The molecule has 9 heteroatoms. The number of anilines is 3. The first-order chi connectivity index (χ1) is 15.8. The van der Waals surface area contributed by atoms with Crippen LogP contribution in [0.1, 0.15) is 19.8 Å². The van der Waals surface area contributed by atoms with E-state index in [1.165, 1.54) is 10.6 Å². The van der Waals surface area contributed by atoms with Gasteiger partial charge >= 0.3 is 0 Å². The van der Waals surface area contributed by atoms with Crippen LogP contribution in [0.5, 0.6) is 5.75 Å². The summed E-state index contributed by atoms with van der Waals surface area (Å²) in [5.74, 6) is 0.551. The molecule has 0 spiro atoms. The fourth-order valence-corrected chi connectivity index (χ4v) is 4.75. The molecular weight excluding hydrogens is 440 g/mol. The van der Waals surface area contributed by atoms with Crippen molar-refractivity contribution in [3.63, 3.8) is 0 Å². The maximum atomic E-state index is 12.4. The highest BCUT2D eigenvalue weighted by atomic mass is 32.2. The van der Waals surface area contributed by atoms with Crippen LogP contribution in [0.4, 0.5) is 17.1 Å². The first-order valence-corrected chi connectivity index (χ1v) is 13.1. The van der Waals surface area contributed by atoms with E-state index in [1.54, 1.807) is 24.3 Å². The van der Waals surface area contributed by atoms with Gasteiger partial charge in [0, 0.05) is 50.5 Å². The zero-order valence-corrected chi connectivity index (χ0v) is 20.5. The van der Waals surface area contributed by atoms with Crippen molar-refractivity contribution in [1.29, 1.82) is 0 Å². The Balaban J connectivity index is 1.50. The molecule has 0 aliphatic carbocycles. The highest BCUT2D eigenvalue weighted by Crippen LogP contribution is 2.23. The SMILES string of the molecule is CCOc1ccc(N(CCCC(=O)Nc2ccc(N3CCN(C)CC3)cc2)S(C)(=O)=O)cc1. The first-order valence-electron chi connectivity index (χ1n) is 11.3. The number of nitrogens with one attached hydrogen (secondary N) is 1. The molecule has 1 N–H and O–H groups in total. The summed E-state index contributed by atoms with van der Waals surface area (Å²) in [6, 6.07) is 14.8. The monoisotopic (exact) mass is 474 g/mol. The minimum atomic E-state index is -3.47. The van der Waals surface area contributed by atoms with Gasteiger partial charge in [0.25, 0.3) is 0 Å². The predicted molar refractivity (Wildman–Crippen MR) is 134 cm³/mol. The van der Waals surface area contributed by atoms with Crippen molar-refractivity contribution in [1.82, 2.24) is 4.90 Å². The predicted octanol–water partition coefficient (Wildman–Crippen LogP) is 3.02. The molecule has 1 heterocycles. The zero-order valence-electron chi connectivity index (χ0n) is 19.7. The second-order valence-corrected chi connectivity index (χ2v) is 10.2. The third-order valence-corrected chi connectivity index (χ3v) is 6.81. The van der Waals surface area contributed by atoms with Crippen molar-refractivity contribution in [3.8, 4) is 5.75 Å². The average Bonchev–Trinajstić information content (AvgIpc) is 2.78. The summed E-state index contributed by atoms with van der Waals surface area (Å²) in [7, 11) is -1.34. The average molecular weight is 475 g/mol. The molecule has 1 saturated heterocycles. The van der Waals surface area contributed by atoms with Gasteiger partial charge in [0.05, 0.1) is 18.6 Å². The van der Waals surface area contributed by atoms with E-state index in [4.69, 9.17) is 4.74 Å². The van der Waals surface area contributed by atoms with Crippen LogP contribution < -0.4 is 19.3 Å². The quantitative estimate of drug-likeness (QED) is 0.570. The Morgan fingerprint density at radius 2 is 1.67 bits per heavy atom. The molecule has 1 amide bonds. The third-order valence-electron chi connectivity index (χ3n) is 5.62. The van der Waals surface area contributed by atoms with Gasteiger partial charge < -0.3 is 19.9 Å². The van der Waals surface area contributed by atoms with E-state index < -0.39 is 10.0 Å². The Kier molecular flexibility index (Phi) is 8.57. The highest BCUT2D eigenvalue weighted by Gasteiger charge is 2.18. The number of hydrogen-bond acceptors (Lipinski definition) is 6. The topological polar surface area (TPSA) is 82.2 Å². The van der Waals surface area contributed by atoms with Gasteiger partial charge in [-0.25, -0.2) is 8.42 Å². The van der Waals surface area contributed by atoms with Crippen LogP contribution in [0.3, 0.4) is 0 Å². The van der Waals surface area contributed by atoms with E-state index in [0.717, 1.165) is 37.6 Å². The molecule has 1 aliphatic rings. The number of amides is 1. The van der Waals surface area contributed by atoms with Crippen LogP contribution in [0.2, 0.25) is 0 Å². The minimum absolute atomic E-state index is 0.137. The van der Waals surface area contributed by atoms with E-state index in [1.807, 2.05) is 31.2 Å². The van der Waals surface area contributed by atoms with E-state index in [-0.39, 0.29) is 18.9 Å². The Morgan fingerprint density at radius 1 is 1.03 bits per heavy atom. The second kappa shape index (κ2) is 11.4. The number of benzene rings is 2. The van der Waals surface area contributed by atoms with E-state index in [9.17, 15) is 13.2 Å². The molecular formula is C24H34N4O4S. The van der Waals surface area contributed by atoms with Crippen LogP contribution in [0, 0.1) is 0 Å². The Bertz CT molecular complexity index is 1000. The molecule has 2 aromatic carbocycles. The van der Waals surface area contributed by atoms with Crippen LogP contribution in [0.25, 0.3) is 0 Å². The smallest absolute Gasteiger partial charge is 0.232 e. The molecule has 1 aliphatic heterocycles. The van der Waals surface area contributed by atoms with Gasteiger partial charge in [-0.05, 0) is 68.9 Å². The number of carbonyl (C=O) groups is 1. The van der Waals surface area contributed by atoms with Gasteiger partial charge in [0.15, 0.2) is 0 Å². The number of likely N-dealkylation sites (N-methyl/N-ethyl adjacent to an activating group) is 1. The van der Waals surface area contributed by atoms with Crippen molar-refractivity contribution in [2.24, 2.45) is 0 Å². The maximum absolute atomic E-state index is 12.4. The lowest BCUT2D eigenvalue weighted by Gasteiger charge is -2.34. The van der Waals surface area contributed by atoms with Crippen molar-refractivity contribution >= 4 is 33.0 Å². The number of carbonyl (C=O) groups excluding carboxylic acids is 1. The van der Waals surface area contributed by atoms with Gasteiger partial charge in [0.1, 0.15) is 5.75 Å². The lowest BCUT2D eigenvalue weighted by atomic mass is 10.2. The molecule has 0 unspecified atom stereocenters. The highest BCUT2D eigenvalue weighted by molar-refractivity contribution is 7.92. The Morgan fingerprint density at radius 3 is 2.24 bits per heavy atom. The summed E-state index contributed by atoms with van der Waals surface area (Å²) in [6.07, 6.45) is 1.81. The van der Waals surface area contributed by atoms with Crippen molar-refractivity contribution in [2.45, 2.75) is 19.8 Å². The number of sulfonamides is 1. The maximum Gasteiger partial charge on any atom is 0.232 e. The number of rotatable bonds is 10. The largest absolute Gasteiger partial charge is 0.494 e. The summed E-state index contributed by atoms with van der Waals surface area (Å²) in [5, 5.41) is 2.90. The number of hydrogen-bond donors (Lipinski definition) is 1. The summed E-state index contributed by atoms with van der Waals surface area (Å²) < 4.78 is 31.3. The fourth-order valence-electron chi connectivity index (χ4n) is 3.79. The molecule has 0 aromatic heterocycles. The van der Waals surface area contributed by atoms with E-state index in [0.29, 0.717) is 24.5 Å². The van der Waals surface area contributed by atoms with E-state index >= 15 is 0 Å². The lowest BCUT2D eigenvalue weighted by molar-refractivity contribution is -0.116. The van der Waals surface area contributed by atoms with Crippen molar-refractivity contribution < 1.29 is 17.9 Å². The summed E-state index contributed by atoms with van der Waals surface area (Å²) in [5.41, 5.74) is 2.45. The van der Waals surface area contributed by atoms with Gasteiger partial charge in [-0.1, -0.05) is 0 Å². The number of ether oxygens (including phenoxy) is 1. The van der Waals surface area contributed by atoms with Gasteiger partial charge in [0.2, 0.25) is 15.9 Å². The van der Waals surface area contributed by atoms with Gasteiger partial charge in [-0.2, -0.15) is 0 Å². The van der Waals surface area contributed by atoms with Gasteiger partial charge in [-0.3, -0.25) is 9.10 Å². The molecule has 0 radical (unpaired) electrons. The Hall–Kier alpha value is -2.78. The lowest BCUT2D eigenvalue weighted by Crippen LogP contribution is -2.44. The summed E-state index contributed by atoms with van der Waals surface area (Å²) in [6.45, 7) is 6.73. The number of piperazine rings is 1. The molecule has 2 aromatic rings. The molecule has 8 nitrogen and oxygen atoms in total. The van der Waals surface area contributed by atoms with Crippen LogP contribution in [-0.2, 0) is 14.8 Å². The van der Waals surface area contributed by atoms with Crippen molar-refractivity contribution in [2.75, 3.05) is 67.2 Å². The van der Waals surface area contributed by atoms with Gasteiger partial charge in [-0.15, -0.1) is 0 Å². The standard InChI is InChI=1S/C24H34N4O4S/c1-4-32-23-13-11-22(12-14-23)28(33(3,30)31)15-5-6-24(29)25-20-7-9-21(10-8-20)27-18-16-26(2)17-19-27/h7-14H,4-6,15-19H2,1-3H3,(H,25,29). The zero-order chi connectivity index (χ0) is 23.8. The summed E-state index contributed by atoms with van der Waals surface area (Å²) in [4.78, 5) is 17.1. The molecule has 3 rings (SSSR count). The molecule has 0 saturated carbocycles. The molecule has 0 bridgehead atoms. The molecule has 1 fully saturated rings. The second-order valence-electron chi connectivity index (χ2n) is 8.25. The molecule has 0 atom stereocenters. The number of nitrogens with zero attached hydrogens (tertiary/aromatic N) is 3. The molecule has 180 valence electrons. The minimum Gasteiger partial charge on any atom is -0.494 e. The van der Waals surface area contributed by atoms with Crippen molar-refractivity contribution in [3.05, 3.63) is 48.5 Å². The van der Waals surface area contributed by atoms with Crippen LogP contribution in [-0.4, -0.2) is 71.9 Å². The van der Waals surface area contributed by atoms with Crippen LogP contribution >= 0.6 is 0 Å². The Labute approximate surface area is 197 Å².